The van der Waals surface area contributed by atoms with E-state index in [4.69, 9.17) is 5.11 Å². The van der Waals surface area contributed by atoms with Crippen LogP contribution in [0.3, 0.4) is 0 Å². The quantitative estimate of drug-likeness (QED) is 0.633. The van der Waals surface area contributed by atoms with Crippen LogP contribution in [0.4, 0.5) is 0 Å². The van der Waals surface area contributed by atoms with Gasteiger partial charge in [0.1, 0.15) is 5.54 Å². The Morgan fingerprint density at radius 1 is 1.24 bits per heavy atom. The Kier molecular flexibility index (Phi) is 4.48. The lowest BCUT2D eigenvalue weighted by Gasteiger charge is -2.25. The van der Waals surface area contributed by atoms with Crippen molar-refractivity contribution in [2.75, 3.05) is 6.54 Å². The fraction of sp³-hybridized carbons (Fsp3) is 0.727. The van der Waals surface area contributed by atoms with E-state index >= 15 is 0 Å². The lowest BCUT2D eigenvalue weighted by Crippen LogP contribution is -2.52. The standard InChI is InChI=1S/C11H18N2O4/c1-8(14)12-7-4-9(15)13-11(10(16)17)5-2-3-6-11/h2-7H2,1H3,(H,12,14)(H,13,15)(H,16,17). The second kappa shape index (κ2) is 5.65. The van der Waals surface area contributed by atoms with Gasteiger partial charge >= 0.3 is 5.97 Å². The molecule has 0 saturated heterocycles. The van der Waals surface area contributed by atoms with E-state index in [1.807, 2.05) is 0 Å². The van der Waals surface area contributed by atoms with Gasteiger partial charge in [-0.05, 0) is 12.8 Å². The molecule has 3 N–H and O–H groups in total. The minimum Gasteiger partial charge on any atom is -0.480 e. The van der Waals surface area contributed by atoms with Gasteiger partial charge in [0.15, 0.2) is 0 Å². The molecule has 1 aliphatic rings. The molecule has 6 nitrogen and oxygen atoms in total. The maximum Gasteiger partial charge on any atom is 0.329 e. The Labute approximate surface area is 99.8 Å². The molecule has 0 unspecified atom stereocenters. The van der Waals surface area contributed by atoms with E-state index in [9.17, 15) is 14.4 Å². The molecule has 1 aliphatic carbocycles. The van der Waals surface area contributed by atoms with Crippen LogP contribution in [0.5, 0.6) is 0 Å². The Bertz CT molecular complexity index is 321. The Balaban J connectivity index is 2.43. The lowest BCUT2D eigenvalue weighted by atomic mass is 9.97. The molecule has 0 spiro atoms. The molecule has 0 aliphatic heterocycles. The number of nitrogens with one attached hydrogen (secondary N) is 2. The lowest BCUT2D eigenvalue weighted by molar-refractivity contribution is -0.147. The van der Waals surface area contributed by atoms with Crippen molar-refractivity contribution >= 4 is 17.8 Å². The summed E-state index contributed by atoms with van der Waals surface area (Å²) in [6.07, 6.45) is 2.70. The van der Waals surface area contributed by atoms with Gasteiger partial charge in [0, 0.05) is 19.9 Å². The largest absolute Gasteiger partial charge is 0.480 e. The number of amides is 2. The number of carboxylic acid groups (broad SMARTS) is 1. The van der Waals surface area contributed by atoms with Gasteiger partial charge < -0.3 is 15.7 Å². The van der Waals surface area contributed by atoms with Crippen LogP contribution in [-0.2, 0) is 14.4 Å². The van der Waals surface area contributed by atoms with Crippen molar-refractivity contribution in [3.63, 3.8) is 0 Å². The molecule has 0 radical (unpaired) electrons. The Morgan fingerprint density at radius 3 is 2.29 bits per heavy atom. The molecule has 96 valence electrons. The van der Waals surface area contributed by atoms with Crippen LogP contribution in [-0.4, -0.2) is 35.0 Å². The van der Waals surface area contributed by atoms with Gasteiger partial charge in [-0.3, -0.25) is 9.59 Å². The van der Waals surface area contributed by atoms with Crippen molar-refractivity contribution in [2.24, 2.45) is 0 Å². The molecule has 2 amide bonds. The minimum absolute atomic E-state index is 0.106. The summed E-state index contributed by atoms with van der Waals surface area (Å²) < 4.78 is 0. The zero-order valence-corrected chi connectivity index (χ0v) is 9.91. The predicted molar refractivity (Wildman–Crippen MR) is 60.3 cm³/mol. The zero-order valence-electron chi connectivity index (χ0n) is 9.91. The first-order valence-corrected chi connectivity index (χ1v) is 5.75. The summed E-state index contributed by atoms with van der Waals surface area (Å²) in [4.78, 5) is 33.3. The zero-order chi connectivity index (χ0) is 12.9. The molecule has 0 heterocycles. The maximum absolute atomic E-state index is 11.6. The smallest absolute Gasteiger partial charge is 0.329 e. The molecule has 1 saturated carbocycles. The molecule has 0 aromatic carbocycles. The monoisotopic (exact) mass is 242 g/mol. The summed E-state index contributed by atoms with van der Waals surface area (Å²) in [5.41, 5.74) is -1.09. The van der Waals surface area contributed by atoms with Crippen molar-refractivity contribution in [1.82, 2.24) is 10.6 Å². The minimum atomic E-state index is -1.09. The predicted octanol–water partition coefficient (Wildman–Crippen LogP) is 0.0262. The van der Waals surface area contributed by atoms with Gasteiger partial charge in [-0.25, -0.2) is 4.79 Å². The van der Waals surface area contributed by atoms with Crippen molar-refractivity contribution in [1.29, 1.82) is 0 Å². The van der Waals surface area contributed by atoms with E-state index in [0.717, 1.165) is 12.8 Å². The number of hydrogen-bond donors (Lipinski definition) is 3. The number of aliphatic carboxylic acids is 1. The van der Waals surface area contributed by atoms with Crippen LogP contribution in [0, 0.1) is 0 Å². The Hall–Kier alpha value is -1.59. The molecule has 0 bridgehead atoms. The average molecular weight is 242 g/mol. The molecule has 0 atom stereocenters. The number of hydrogen-bond acceptors (Lipinski definition) is 3. The first-order valence-electron chi connectivity index (χ1n) is 5.75. The van der Waals surface area contributed by atoms with E-state index in [1.54, 1.807) is 0 Å². The fourth-order valence-electron chi connectivity index (χ4n) is 2.05. The van der Waals surface area contributed by atoms with Crippen LogP contribution in [0.25, 0.3) is 0 Å². The summed E-state index contributed by atoms with van der Waals surface area (Å²) in [5, 5.41) is 14.2. The van der Waals surface area contributed by atoms with Gasteiger partial charge in [0.2, 0.25) is 11.8 Å². The van der Waals surface area contributed by atoms with Crippen LogP contribution in [0.1, 0.15) is 39.0 Å². The molecular weight excluding hydrogens is 224 g/mol. The third-order valence-electron chi connectivity index (χ3n) is 2.97. The SMILES string of the molecule is CC(=O)NCCC(=O)NC1(C(=O)O)CCCC1. The first-order chi connectivity index (χ1) is 7.96. The van der Waals surface area contributed by atoms with E-state index in [-0.39, 0.29) is 24.8 Å². The van der Waals surface area contributed by atoms with Crippen LogP contribution in [0.2, 0.25) is 0 Å². The fourth-order valence-corrected chi connectivity index (χ4v) is 2.05. The maximum atomic E-state index is 11.6. The normalized spacial score (nSPS) is 17.5. The van der Waals surface area contributed by atoms with E-state index in [1.165, 1.54) is 6.92 Å². The number of rotatable bonds is 5. The number of carbonyl (C=O) groups excluding carboxylic acids is 2. The Morgan fingerprint density at radius 2 is 1.82 bits per heavy atom. The molecule has 1 fully saturated rings. The highest BCUT2D eigenvalue weighted by atomic mass is 16.4. The van der Waals surface area contributed by atoms with Crippen molar-refractivity contribution in [2.45, 2.75) is 44.6 Å². The molecule has 17 heavy (non-hydrogen) atoms. The first kappa shape index (κ1) is 13.5. The molecule has 0 aromatic rings. The second-order valence-corrected chi connectivity index (χ2v) is 4.38. The molecule has 0 aromatic heterocycles. The molecule has 1 rings (SSSR count). The summed E-state index contributed by atoms with van der Waals surface area (Å²) in [5.74, 6) is -1.50. The number of carbonyl (C=O) groups is 3. The highest BCUT2D eigenvalue weighted by Crippen LogP contribution is 2.29. The van der Waals surface area contributed by atoms with Gasteiger partial charge in [0.05, 0.1) is 0 Å². The average Bonchev–Trinajstić information content (AvgIpc) is 2.66. The van der Waals surface area contributed by atoms with Crippen molar-refractivity contribution < 1.29 is 19.5 Å². The van der Waals surface area contributed by atoms with E-state index < -0.39 is 11.5 Å². The van der Waals surface area contributed by atoms with Crippen LogP contribution < -0.4 is 10.6 Å². The van der Waals surface area contributed by atoms with Crippen LogP contribution in [0.15, 0.2) is 0 Å². The second-order valence-electron chi connectivity index (χ2n) is 4.38. The highest BCUT2D eigenvalue weighted by molar-refractivity contribution is 5.87. The number of carboxylic acids is 1. The van der Waals surface area contributed by atoms with Crippen molar-refractivity contribution in [3.05, 3.63) is 0 Å². The van der Waals surface area contributed by atoms with Gasteiger partial charge in [-0.15, -0.1) is 0 Å². The highest BCUT2D eigenvalue weighted by Gasteiger charge is 2.42. The van der Waals surface area contributed by atoms with E-state index in [2.05, 4.69) is 10.6 Å². The summed E-state index contributed by atoms with van der Waals surface area (Å²) in [7, 11) is 0. The summed E-state index contributed by atoms with van der Waals surface area (Å²) >= 11 is 0. The van der Waals surface area contributed by atoms with Crippen molar-refractivity contribution in [3.8, 4) is 0 Å². The third-order valence-corrected chi connectivity index (χ3v) is 2.97. The topological polar surface area (TPSA) is 95.5 Å². The van der Waals surface area contributed by atoms with Gasteiger partial charge in [0.25, 0.3) is 0 Å². The van der Waals surface area contributed by atoms with E-state index in [0.29, 0.717) is 12.8 Å². The summed E-state index contributed by atoms with van der Waals surface area (Å²) in [6.45, 7) is 1.60. The van der Waals surface area contributed by atoms with Gasteiger partial charge in [-0.2, -0.15) is 0 Å². The van der Waals surface area contributed by atoms with Crippen LogP contribution >= 0.6 is 0 Å². The molecular formula is C11H18N2O4. The molecule has 6 heteroatoms. The van der Waals surface area contributed by atoms with Gasteiger partial charge in [-0.1, -0.05) is 12.8 Å². The third kappa shape index (κ3) is 3.72. The summed E-state index contributed by atoms with van der Waals surface area (Å²) in [6, 6.07) is 0.